The normalized spacial score (nSPS) is 14.4. The maximum Gasteiger partial charge on any atom is 0.354 e. The monoisotopic (exact) mass is 857 g/mol. The zero-order valence-electron chi connectivity index (χ0n) is 35.6. The first-order valence-corrected chi connectivity index (χ1v) is 24.5. The number of aromatic nitrogens is 4. The van der Waals surface area contributed by atoms with Gasteiger partial charge in [0, 0.05) is 59.9 Å². The van der Waals surface area contributed by atoms with E-state index < -0.39 is 14.0 Å². The molecule has 1 aliphatic rings. The Kier molecular flexibility index (Phi) is 12.0. The summed E-state index contributed by atoms with van der Waals surface area (Å²) < 4.78 is 27.2. The molecule has 1 amide bonds. The lowest BCUT2D eigenvalue weighted by Crippen LogP contribution is -2.42. The van der Waals surface area contributed by atoms with E-state index in [0.717, 1.165) is 66.9 Å². The molecule has 3 aromatic carbocycles. The van der Waals surface area contributed by atoms with Crippen LogP contribution < -0.4 is 14.4 Å². The molecule has 0 unspecified atom stereocenters. The zero-order valence-corrected chi connectivity index (χ0v) is 38.1. The molecule has 1 N–H and O–H groups in total. The van der Waals surface area contributed by atoms with Gasteiger partial charge in [-0.25, -0.2) is 9.48 Å². The van der Waals surface area contributed by atoms with E-state index in [1.165, 1.54) is 7.11 Å². The summed E-state index contributed by atoms with van der Waals surface area (Å²) in [5.41, 5.74) is 9.34. The maximum absolute atomic E-state index is 15.3. The molecule has 312 valence electrons. The largest absolute Gasteiger partial charge is 0.496 e. The number of halogens is 2. The summed E-state index contributed by atoms with van der Waals surface area (Å²) in [4.78, 5) is 32.9. The van der Waals surface area contributed by atoms with E-state index in [1.807, 2.05) is 61.9 Å². The minimum atomic E-state index is -1.26. The van der Waals surface area contributed by atoms with Crippen LogP contribution in [-0.4, -0.2) is 73.3 Å². The summed E-state index contributed by atoms with van der Waals surface area (Å²) in [6, 6.07) is 14.1. The van der Waals surface area contributed by atoms with Crippen molar-refractivity contribution in [2.45, 2.75) is 85.9 Å². The Bertz CT molecular complexity index is 2580. The van der Waals surface area contributed by atoms with Crippen LogP contribution in [0.2, 0.25) is 35.7 Å². The number of fused-ring (bicyclic) bond motifs is 4. The van der Waals surface area contributed by atoms with Crippen molar-refractivity contribution < 1.29 is 28.5 Å². The second kappa shape index (κ2) is 16.7. The number of anilines is 1. The number of aryl methyl sites for hydroxylation is 4. The molecule has 7 rings (SSSR count). The van der Waals surface area contributed by atoms with E-state index in [4.69, 9.17) is 47.2 Å². The van der Waals surface area contributed by atoms with Gasteiger partial charge in [0.2, 0.25) is 0 Å². The zero-order chi connectivity index (χ0) is 42.5. The van der Waals surface area contributed by atoms with Crippen LogP contribution in [0.4, 0.5) is 5.69 Å². The molecule has 1 aliphatic heterocycles. The van der Waals surface area contributed by atoms with Crippen LogP contribution in [0.25, 0.3) is 32.9 Å². The van der Waals surface area contributed by atoms with Crippen LogP contribution >= 0.6 is 23.2 Å². The van der Waals surface area contributed by atoms with Gasteiger partial charge in [-0.3, -0.25) is 4.79 Å². The summed E-state index contributed by atoms with van der Waals surface area (Å²) in [7, 11) is 1.65. The number of H-pyrrole nitrogens is 1. The van der Waals surface area contributed by atoms with E-state index in [0.29, 0.717) is 72.4 Å². The van der Waals surface area contributed by atoms with Gasteiger partial charge >= 0.3 is 5.97 Å². The molecule has 6 aromatic rings. The minimum absolute atomic E-state index is 0.165. The predicted octanol–water partition coefficient (Wildman–Crippen LogP) is 10.9. The average molecular weight is 859 g/mol. The highest BCUT2D eigenvalue weighted by atomic mass is 35.5. The SMILES string of the molecule is COC(=O)c1cc2c(OC)ccc(N3C[C@@H](C)n4c(c(CCCOc5cc(C)c(Cl)c(C)c5)c5ccc(Cl)c(-c6c(C)nn(COCC[Si](C)(C)C)c6C)c54)C3=O)c2[nH]1. The average Bonchev–Trinajstić information content (AvgIpc) is 3.86. The Hall–Kier alpha value is -4.75. The first kappa shape index (κ1) is 42.4. The summed E-state index contributed by atoms with van der Waals surface area (Å²) >= 11 is 13.7. The second-order valence-corrected chi connectivity index (χ2v) is 23.2. The highest BCUT2D eigenvalue weighted by Crippen LogP contribution is 2.46. The standard InChI is InChI=1S/C45H53Cl2N5O6Si/c1-25-20-30(21-26(2)40(25)47)58-17-11-12-31-32-13-14-34(46)39(38-28(4)49-51(29(38)5)24-57-18-19-59(8,9)10)42(32)52-27(3)23-50(44(53)43(31)52)36-15-16-37(55-6)33-22-35(45(54)56-7)48-41(33)36/h13-16,20-22,27,48H,11-12,17-19,23-24H2,1-10H3/t27-/m1/s1. The Morgan fingerprint density at radius 1 is 0.966 bits per heavy atom. The summed E-state index contributed by atoms with van der Waals surface area (Å²) in [5, 5.41) is 7.86. The van der Waals surface area contributed by atoms with Gasteiger partial charge in [0.05, 0.1) is 48.3 Å². The molecule has 0 aliphatic carbocycles. The predicted molar refractivity (Wildman–Crippen MR) is 239 cm³/mol. The van der Waals surface area contributed by atoms with Crippen molar-refractivity contribution >= 4 is 70.6 Å². The van der Waals surface area contributed by atoms with Crippen molar-refractivity contribution in [2.24, 2.45) is 0 Å². The van der Waals surface area contributed by atoms with Gasteiger partial charge in [-0.15, -0.1) is 0 Å². The molecule has 0 bridgehead atoms. The third kappa shape index (κ3) is 8.00. The fourth-order valence-electron chi connectivity index (χ4n) is 8.32. The number of amides is 1. The van der Waals surface area contributed by atoms with Gasteiger partial charge in [-0.05, 0) is 107 Å². The molecule has 11 nitrogen and oxygen atoms in total. The molecule has 0 saturated carbocycles. The van der Waals surface area contributed by atoms with Crippen LogP contribution in [0.1, 0.15) is 68.4 Å². The Morgan fingerprint density at radius 2 is 1.69 bits per heavy atom. The fourth-order valence-corrected chi connectivity index (χ4v) is 9.43. The highest BCUT2D eigenvalue weighted by Gasteiger charge is 2.38. The van der Waals surface area contributed by atoms with Gasteiger partial charge in [0.25, 0.3) is 5.91 Å². The van der Waals surface area contributed by atoms with Crippen LogP contribution in [0.15, 0.2) is 42.5 Å². The lowest BCUT2D eigenvalue weighted by atomic mass is 9.98. The van der Waals surface area contributed by atoms with Crippen LogP contribution in [0.3, 0.4) is 0 Å². The summed E-state index contributed by atoms with van der Waals surface area (Å²) in [6.45, 7) is 18.9. The van der Waals surface area contributed by atoms with Gasteiger partial charge < -0.3 is 33.4 Å². The lowest BCUT2D eigenvalue weighted by Gasteiger charge is -2.34. The highest BCUT2D eigenvalue weighted by molar-refractivity contribution is 6.76. The number of rotatable bonds is 14. The van der Waals surface area contributed by atoms with Crippen molar-refractivity contribution in [3.05, 3.63) is 92.0 Å². The van der Waals surface area contributed by atoms with Crippen molar-refractivity contribution in [3.63, 3.8) is 0 Å². The fraction of sp³-hybridized carbons (Fsp3) is 0.400. The molecule has 3 aromatic heterocycles. The number of ether oxygens (including phenoxy) is 4. The Balaban J connectivity index is 1.35. The number of benzene rings is 3. The maximum atomic E-state index is 15.3. The molecule has 4 heterocycles. The van der Waals surface area contributed by atoms with Crippen LogP contribution in [0, 0.1) is 27.7 Å². The van der Waals surface area contributed by atoms with E-state index in [9.17, 15) is 4.79 Å². The number of nitrogens with one attached hydrogen (secondary N) is 1. The second-order valence-electron chi connectivity index (χ2n) is 16.7. The van der Waals surface area contributed by atoms with E-state index >= 15 is 4.79 Å². The number of esters is 1. The number of carbonyl (C=O) groups is 2. The van der Waals surface area contributed by atoms with Crippen molar-refractivity contribution in [3.8, 4) is 22.6 Å². The van der Waals surface area contributed by atoms with Crippen molar-refractivity contribution in [1.82, 2.24) is 19.3 Å². The quantitative estimate of drug-likeness (QED) is 0.0659. The Labute approximate surface area is 356 Å². The number of hydrogen-bond donors (Lipinski definition) is 1. The number of methoxy groups -OCH3 is 2. The summed E-state index contributed by atoms with van der Waals surface area (Å²) in [5.74, 6) is 0.645. The molecule has 1 atom stereocenters. The van der Waals surface area contributed by atoms with Crippen molar-refractivity contribution in [2.75, 3.05) is 38.9 Å². The van der Waals surface area contributed by atoms with E-state index in [-0.39, 0.29) is 17.6 Å². The lowest BCUT2D eigenvalue weighted by molar-refractivity contribution is 0.0595. The van der Waals surface area contributed by atoms with E-state index in [2.05, 4.69) is 43.0 Å². The summed E-state index contributed by atoms with van der Waals surface area (Å²) in [6.07, 6.45) is 1.20. The minimum Gasteiger partial charge on any atom is -0.496 e. The molecule has 0 spiro atoms. The van der Waals surface area contributed by atoms with Gasteiger partial charge in [-0.1, -0.05) is 48.9 Å². The molecule has 0 radical (unpaired) electrons. The number of nitrogens with zero attached hydrogens (tertiary/aromatic N) is 4. The molecule has 14 heteroatoms. The third-order valence-electron chi connectivity index (χ3n) is 11.3. The molecular weight excluding hydrogens is 806 g/mol. The van der Waals surface area contributed by atoms with E-state index in [1.54, 1.807) is 18.1 Å². The third-order valence-corrected chi connectivity index (χ3v) is 13.9. The first-order chi connectivity index (χ1) is 28.0. The first-order valence-electron chi connectivity index (χ1n) is 20.0. The van der Waals surface area contributed by atoms with Gasteiger partial charge in [0.1, 0.15) is 29.6 Å². The number of carbonyl (C=O) groups excluding carboxylic acids is 2. The van der Waals surface area contributed by atoms with Gasteiger partial charge in [0.15, 0.2) is 0 Å². The number of hydrogen-bond acceptors (Lipinski definition) is 7. The molecule has 0 fully saturated rings. The topological polar surface area (TPSA) is 113 Å². The van der Waals surface area contributed by atoms with Crippen molar-refractivity contribution in [1.29, 1.82) is 0 Å². The van der Waals surface area contributed by atoms with Crippen LogP contribution in [-0.2, 0) is 22.6 Å². The molecule has 59 heavy (non-hydrogen) atoms. The molecule has 0 saturated heterocycles. The molecular formula is C45H53Cl2N5O6Si. The van der Waals surface area contributed by atoms with Crippen LogP contribution in [0.5, 0.6) is 11.5 Å². The Morgan fingerprint density at radius 3 is 2.37 bits per heavy atom. The number of aromatic amines is 1. The van der Waals surface area contributed by atoms with Gasteiger partial charge in [-0.2, -0.15) is 5.10 Å². The smallest absolute Gasteiger partial charge is 0.354 e.